The summed E-state index contributed by atoms with van der Waals surface area (Å²) in [5.74, 6) is 1.81. The molecule has 138 valence electrons. The van der Waals surface area contributed by atoms with Crippen LogP contribution >= 0.6 is 0 Å². The maximum atomic E-state index is 11.1. The van der Waals surface area contributed by atoms with Crippen LogP contribution in [0, 0.1) is 0 Å². The number of aliphatic imine (C=N–C) groups is 1. The highest BCUT2D eigenvalue weighted by Crippen LogP contribution is 2.16. The number of primary amides is 1. The van der Waals surface area contributed by atoms with E-state index in [0.29, 0.717) is 31.2 Å². The molecule has 0 spiro atoms. The first-order chi connectivity index (χ1) is 12.6. The number of guanidine groups is 1. The number of nitrogens with two attached hydrogens (primary N) is 1. The molecule has 7 nitrogen and oxygen atoms in total. The summed E-state index contributed by atoms with van der Waals surface area (Å²) in [5, 5.41) is 6.38. The van der Waals surface area contributed by atoms with E-state index in [-0.39, 0.29) is 0 Å². The normalized spacial score (nSPS) is 10.9. The number of methoxy groups -OCH3 is 1. The number of carbonyl (C=O) groups excluding carboxylic acids is 1. The largest absolute Gasteiger partial charge is 0.497 e. The van der Waals surface area contributed by atoms with Gasteiger partial charge >= 0.3 is 0 Å². The quantitative estimate of drug-likeness (QED) is 0.379. The number of rotatable bonds is 8. The molecule has 2 aromatic carbocycles. The molecule has 0 aliphatic carbocycles. The van der Waals surface area contributed by atoms with Crippen LogP contribution in [0.2, 0.25) is 0 Å². The molecule has 2 rings (SSSR count). The molecule has 2 aromatic rings. The Morgan fingerprint density at radius 3 is 2.27 bits per heavy atom. The number of carbonyl (C=O) groups is 1. The number of ether oxygens (including phenoxy) is 2. The van der Waals surface area contributed by atoms with E-state index in [0.717, 1.165) is 17.1 Å². The van der Waals surface area contributed by atoms with Crippen molar-refractivity contribution in [2.24, 2.45) is 10.7 Å². The zero-order chi connectivity index (χ0) is 18.8. The molecule has 0 saturated heterocycles. The van der Waals surface area contributed by atoms with E-state index in [1.165, 1.54) is 0 Å². The number of nitrogens with one attached hydrogen (secondary N) is 2. The highest BCUT2D eigenvalue weighted by Gasteiger charge is 2.02. The number of hydrogen-bond donors (Lipinski definition) is 3. The maximum absolute atomic E-state index is 11.1. The van der Waals surface area contributed by atoms with Crippen LogP contribution in [-0.4, -0.2) is 39.2 Å². The molecule has 0 heterocycles. The van der Waals surface area contributed by atoms with Gasteiger partial charge in [-0.1, -0.05) is 12.1 Å². The molecule has 0 bridgehead atoms. The van der Waals surface area contributed by atoms with Gasteiger partial charge in [-0.2, -0.15) is 0 Å². The van der Waals surface area contributed by atoms with Crippen LogP contribution in [0.5, 0.6) is 11.5 Å². The minimum atomic E-state index is -0.432. The molecule has 0 radical (unpaired) electrons. The van der Waals surface area contributed by atoms with Crippen molar-refractivity contribution >= 4 is 11.9 Å². The second-order valence-corrected chi connectivity index (χ2v) is 5.44. The van der Waals surface area contributed by atoms with Crippen molar-refractivity contribution in [2.45, 2.75) is 6.54 Å². The number of nitrogens with zero attached hydrogens (tertiary/aromatic N) is 1. The number of hydrogen-bond acceptors (Lipinski definition) is 4. The Kier molecular flexibility index (Phi) is 7.30. The Morgan fingerprint density at radius 2 is 1.69 bits per heavy atom. The van der Waals surface area contributed by atoms with Crippen LogP contribution in [0.25, 0.3) is 0 Å². The van der Waals surface area contributed by atoms with Gasteiger partial charge in [0.05, 0.1) is 13.7 Å². The fourth-order valence-corrected chi connectivity index (χ4v) is 2.20. The van der Waals surface area contributed by atoms with Gasteiger partial charge in [-0.25, -0.2) is 0 Å². The minimum Gasteiger partial charge on any atom is -0.497 e. The van der Waals surface area contributed by atoms with E-state index in [9.17, 15) is 4.79 Å². The van der Waals surface area contributed by atoms with E-state index >= 15 is 0 Å². The van der Waals surface area contributed by atoms with Gasteiger partial charge < -0.3 is 25.8 Å². The lowest BCUT2D eigenvalue weighted by atomic mass is 10.1. The molecule has 26 heavy (non-hydrogen) atoms. The molecule has 0 unspecified atom stereocenters. The van der Waals surface area contributed by atoms with Crippen molar-refractivity contribution in [3.63, 3.8) is 0 Å². The van der Waals surface area contributed by atoms with Crippen LogP contribution in [0.3, 0.4) is 0 Å². The van der Waals surface area contributed by atoms with E-state index in [4.69, 9.17) is 15.2 Å². The fourth-order valence-electron chi connectivity index (χ4n) is 2.20. The van der Waals surface area contributed by atoms with Gasteiger partial charge in [0, 0.05) is 19.2 Å². The first-order valence-electron chi connectivity index (χ1n) is 8.22. The van der Waals surface area contributed by atoms with Crippen molar-refractivity contribution in [1.82, 2.24) is 10.6 Å². The minimum absolute atomic E-state index is 0.432. The Bertz CT molecular complexity index is 727. The molecule has 1 amide bonds. The summed E-state index contributed by atoms with van der Waals surface area (Å²) in [6.07, 6.45) is 0. The molecule has 0 aliphatic heterocycles. The third-order valence-electron chi connectivity index (χ3n) is 3.64. The van der Waals surface area contributed by atoms with Gasteiger partial charge in [0.2, 0.25) is 5.91 Å². The number of benzene rings is 2. The van der Waals surface area contributed by atoms with E-state index in [1.807, 2.05) is 36.4 Å². The smallest absolute Gasteiger partial charge is 0.248 e. The molecule has 0 atom stereocenters. The van der Waals surface area contributed by atoms with Crippen molar-refractivity contribution in [3.8, 4) is 11.5 Å². The second kappa shape index (κ2) is 9.93. The van der Waals surface area contributed by atoms with E-state index in [2.05, 4.69) is 15.6 Å². The third kappa shape index (κ3) is 6.01. The Hall–Kier alpha value is -3.22. The van der Waals surface area contributed by atoms with Crippen LogP contribution in [0.1, 0.15) is 15.9 Å². The molecule has 0 aliphatic rings. The van der Waals surface area contributed by atoms with Gasteiger partial charge in [0.1, 0.15) is 18.1 Å². The average Bonchev–Trinajstić information content (AvgIpc) is 2.68. The fraction of sp³-hybridized carbons (Fsp3) is 0.263. The van der Waals surface area contributed by atoms with Crippen molar-refractivity contribution in [1.29, 1.82) is 0 Å². The molecule has 7 heteroatoms. The van der Waals surface area contributed by atoms with Crippen molar-refractivity contribution < 1.29 is 14.3 Å². The van der Waals surface area contributed by atoms with Crippen LogP contribution in [0.15, 0.2) is 53.5 Å². The summed E-state index contributed by atoms with van der Waals surface area (Å²) < 4.78 is 10.8. The number of amides is 1. The van der Waals surface area contributed by atoms with E-state index in [1.54, 1.807) is 26.3 Å². The van der Waals surface area contributed by atoms with Crippen molar-refractivity contribution in [3.05, 3.63) is 59.7 Å². The molecule has 4 N–H and O–H groups in total. The average molecular weight is 356 g/mol. The molecule has 0 fully saturated rings. The molecule has 0 saturated carbocycles. The molecular formula is C19H24N4O3. The standard InChI is InChI=1S/C19H24N4O3/c1-21-19(23-13-14-3-5-15(6-4-14)18(20)24)22-11-12-26-17-9-7-16(25-2)8-10-17/h3-10H,11-13H2,1-2H3,(H2,20,24)(H2,21,22,23). The lowest BCUT2D eigenvalue weighted by molar-refractivity contribution is 0.100. The monoisotopic (exact) mass is 356 g/mol. The predicted octanol–water partition coefficient (Wildman–Crippen LogP) is 1.54. The summed E-state index contributed by atoms with van der Waals surface area (Å²) >= 11 is 0. The Morgan fingerprint density at radius 1 is 1.04 bits per heavy atom. The SMILES string of the molecule is CN=C(NCCOc1ccc(OC)cc1)NCc1ccc(C(N)=O)cc1. The maximum Gasteiger partial charge on any atom is 0.248 e. The van der Waals surface area contributed by atoms with Crippen molar-refractivity contribution in [2.75, 3.05) is 27.3 Å². The second-order valence-electron chi connectivity index (χ2n) is 5.44. The topological polar surface area (TPSA) is 98.0 Å². The summed E-state index contributed by atoms with van der Waals surface area (Å²) in [6, 6.07) is 14.6. The summed E-state index contributed by atoms with van der Waals surface area (Å²) in [7, 11) is 3.33. The lowest BCUT2D eigenvalue weighted by Crippen LogP contribution is -2.38. The van der Waals surface area contributed by atoms with E-state index < -0.39 is 5.91 Å². The van der Waals surface area contributed by atoms with Crippen LogP contribution < -0.4 is 25.8 Å². The highest BCUT2D eigenvalue weighted by atomic mass is 16.5. The zero-order valence-corrected chi connectivity index (χ0v) is 15.0. The Labute approximate surface area is 153 Å². The molecule has 0 aromatic heterocycles. The zero-order valence-electron chi connectivity index (χ0n) is 15.0. The molecular weight excluding hydrogens is 332 g/mol. The Balaban J connectivity index is 1.70. The third-order valence-corrected chi connectivity index (χ3v) is 3.64. The first kappa shape index (κ1) is 19.1. The summed E-state index contributed by atoms with van der Waals surface area (Å²) in [6.45, 7) is 1.69. The van der Waals surface area contributed by atoms with Gasteiger partial charge in [0.25, 0.3) is 0 Å². The van der Waals surface area contributed by atoms with Gasteiger partial charge in [0.15, 0.2) is 5.96 Å². The van der Waals surface area contributed by atoms with Crippen LogP contribution in [-0.2, 0) is 6.54 Å². The highest BCUT2D eigenvalue weighted by molar-refractivity contribution is 5.92. The van der Waals surface area contributed by atoms with Gasteiger partial charge in [-0.05, 0) is 42.0 Å². The first-order valence-corrected chi connectivity index (χ1v) is 8.22. The summed E-state index contributed by atoms with van der Waals surface area (Å²) in [4.78, 5) is 15.2. The summed E-state index contributed by atoms with van der Waals surface area (Å²) in [5.41, 5.74) is 6.74. The van der Waals surface area contributed by atoms with Gasteiger partial charge in [-0.15, -0.1) is 0 Å². The predicted molar refractivity (Wildman–Crippen MR) is 102 cm³/mol. The lowest BCUT2D eigenvalue weighted by Gasteiger charge is -2.13. The van der Waals surface area contributed by atoms with Gasteiger partial charge in [-0.3, -0.25) is 9.79 Å². The van der Waals surface area contributed by atoms with Crippen LogP contribution in [0.4, 0.5) is 0 Å².